The highest BCUT2D eigenvalue weighted by Crippen LogP contribution is 2.20. The second-order valence-corrected chi connectivity index (χ2v) is 6.69. The Morgan fingerprint density at radius 3 is 2.60 bits per heavy atom. The molecule has 1 aliphatic rings. The van der Waals surface area contributed by atoms with Crippen LogP contribution >= 0.6 is 11.6 Å². The molecule has 0 bridgehead atoms. The van der Waals surface area contributed by atoms with Crippen molar-refractivity contribution in [1.29, 1.82) is 0 Å². The van der Waals surface area contributed by atoms with Gasteiger partial charge in [0.25, 0.3) is 0 Å². The molecule has 0 aromatic heterocycles. The molecule has 1 fully saturated rings. The molecule has 6 heteroatoms. The van der Waals surface area contributed by atoms with E-state index in [-0.39, 0.29) is 11.7 Å². The lowest BCUT2D eigenvalue weighted by atomic mass is 10.2. The van der Waals surface area contributed by atoms with Gasteiger partial charge in [-0.2, -0.15) is 0 Å². The topological polar surface area (TPSA) is 35.6 Å². The number of carbonyl (C=O) groups is 1. The van der Waals surface area contributed by atoms with Gasteiger partial charge in [-0.3, -0.25) is 9.69 Å². The summed E-state index contributed by atoms with van der Waals surface area (Å²) in [5.74, 6) is -0.438. The number of anilines is 2. The maximum Gasteiger partial charge on any atom is 0.238 e. The molecule has 1 amide bonds. The fraction of sp³-hybridized carbons (Fsp3) is 0.316. The summed E-state index contributed by atoms with van der Waals surface area (Å²) in [7, 11) is 0. The minimum absolute atomic E-state index is 0.126. The van der Waals surface area contributed by atoms with Crippen molar-refractivity contribution < 1.29 is 9.18 Å². The van der Waals surface area contributed by atoms with Crippen LogP contribution in [0.15, 0.2) is 42.5 Å². The summed E-state index contributed by atoms with van der Waals surface area (Å²) in [6.45, 7) is 5.27. The van der Waals surface area contributed by atoms with E-state index in [4.69, 9.17) is 11.6 Å². The summed E-state index contributed by atoms with van der Waals surface area (Å²) in [4.78, 5) is 16.5. The molecule has 25 heavy (non-hydrogen) atoms. The number of piperazine rings is 1. The van der Waals surface area contributed by atoms with Crippen molar-refractivity contribution in [1.82, 2.24) is 4.90 Å². The van der Waals surface area contributed by atoms with Crippen LogP contribution in [-0.4, -0.2) is 43.5 Å². The summed E-state index contributed by atoms with van der Waals surface area (Å²) in [5, 5.41) is 3.48. The van der Waals surface area contributed by atoms with Crippen molar-refractivity contribution in [2.75, 3.05) is 42.9 Å². The minimum atomic E-state index is -0.312. The number of halogens is 2. The summed E-state index contributed by atoms with van der Waals surface area (Å²) in [6, 6.07) is 12.5. The first-order chi connectivity index (χ1) is 12.0. The van der Waals surface area contributed by atoms with Crippen LogP contribution in [0.2, 0.25) is 5.02 Å². The van der Waals surface area contributed by atoms with Gasteiger partial charge >= 0.3 is 0 Å². The molecule has 1 aliphatic heterocycles. The SMILES string of the molecule is Cc1ccc(NC(=O)CN2CCN(c3cccc(Cl)c3)CC2)cc1F. The van der Waals surface area contributed by atoms with Gasteiger partial charge in [0.1, 0.15) is 5.82 Å². The molecular weight excluding hydrogens is 341 g/mol. The van der Waals surface area contributed by atoms with Gasteiger partial charge in [0.2, 0.25) is 5.91 Å². The Balaban J connectivity index is 1.50. The fourth-order valence-electron chi connectivity index (χ4n) is 2.91. The molecule has 0 radical (unpaired) electrons. The number of nitrogens with one attached hydrogen (secondary N) is 1. The van der Waals surface area contributed by atoms with E-state index in [1.54, 1.807) is 19.1 Å². The third kappa shape index (κ3) is 4.71. The lowest BCUT2D eigenvalue weighted by Crippen LogP contribution is -2.48. The number of amides is 1. The van der Waals surface area contributed by atoms with Crippen LogP contribution in [0.4, 0.5) is 15.8 Å². The number of aryl methyl sites for hydroxylation is 1. The van der Waals surface area contributed by atoms with Gasteiger partial charge in [0.15, 0.2) is 0 Å². The lowest BCUT2D eigenvalue weighted by molar-refractivity contribution is -0.117. The van der Waals surface area contributed by atoms with E-state index in [1.807, 2.05) is 24.3 Å². The molecule has 0 atom stereocenters. The maximum absolute atomic E-state index is 13.5. The zero-order valence-electron chi connectivity index (χ0n) is 14.1. The van der Waals surface area contributed by atoms with Crippen molar-refractivity contribution in [2.45, 2.75) is 6.92 Å². The predicted octanol–water partition coefficient (Wildman–Crippen LogP) is 3.55. The molecule has 1 heterocycles. The lowest BCUT2D eigenvalue weighted by Gasteiger charge is -2.35. The zero-order chi connectivity index (χ0) is 17.8. The molecule has 0 spiro atoms. The Labute approximate surface area is 152 Å². The molecule has 1 N–H and O–H groups in total. The van der Waals surface area contributed by atoms with Gasteiger partial charge in [-0.25, -0.2) is 4.39 Å². The van der Waals surface area contributed by atoms with E-state index in [2.05, 4.69) is 15.1 Å². The first-order valence-corrected chi connectivity index (χ1v) is 8.68. The standard InChI is InChI=1S/C19H21ClFN3O/c1-14-5-6-16(12-18(14)21)22-19(25)13-23-7-9-24(10-8-23)17-4-2-3-15(20)11-17/h2-6,11-12H,7-10,13H2,1H3,(H,22,25). The van der Waals surface area contributed by atoms with Crippen LogP contribution < -0.4 is 10.2 Å². The van der Waals surface area contributed by atoms with Gasteiger partial charge < -0.3 is 10.2 Å². The van der Waals surface area contributed by atoms with Crippen molar-refractivity contribution >= 4 is 28.9 Å². The maximum atomic E-state index is 13.5. The van der Waals surface area contributed by atoms with E-state index in [0.29, 0.717) is 17.8 Å². The van der Waals surface area contributed by atoms with Gasteiger partial charge in [-0.1, -0.05) is 23.7 Å². The summed E-state index contributed by atoms with van der Waals surface area (Å²) in [5.41, 5.74) is 2.16. The van der Waals surface area contributed by atoms with E-state index in [0.717, 1.165) is 36.9 Å². The van der Waals surface area contributed by atoms with E-state index >= 15 is 0 Å². The van der Waals surface area contributed by atoms with Crippen molar-refractivity contribution in [3.8, 4) is 0 Å². The largest absolute Gasteiger partial charge is 0.369 e. The summed E-state index contributed by atoms with van der Waals surface area (Å²) in [6.07, 6.45) is 0. The van der Waals surface area contributed by atoms with Gasteiger partial charge in [-0.05, 0) is 42.8 Å². The normalized spacial score (nSPS) is 15.2. The monoisotopic (exact) mass is 361 g/mol. The predicted molar refractivity (Wildman–Crippen MR) is 99.9 cm³/mol. The first-order valence-electron chi connectivity index (χ1n) is 8.30. The van der Waals surface area contributed by atoms with Crippen LogP contribution in [0.5, 0.6) is 0 Å². The van der Waals surface area contributed by atoms with Crippen LogP contribution in [0.1, 0.15) is 5.56 Å². The van der Waals surface area contributed by atoms with E-state index in [9.17, 15) is 9.18 Å². The summed E-state index contributed by atoms with van der Waals surface area (Å²) < 4.78 is 13.5. The highest BCUT2D eigenvalue weighted by molar-refractivity contribution is 6.30. The number of rotatable bonds is 4. The third-order valence-electron chi connectivity index (χ3n) is 4.37. The summed E-state index contributed by atoms with van der Waals surface area (Å²) >= 11 is 6.04. The van der Waals surface area contributed by atoms with Crippen molar-refractivity contribution in [3.05, 3.63) is 58.9 Å². The van der Waals surface area contributed by atoms with E-state index < -0.39 is 0 Å². The average molecular weight is 362 g/mol. The quantitative estimate of drug-likeness (QED) is 0.904. The van der Waals surface area contributed by atoms with Gasteiger partial charge in [0.05, 0.1) is 6.54 Å². The van der Waals surface area contributed by atoms with Gasteiger partial charge in [0, 0.05) is 42.6 Å². The molecule has 4 nitrogen and oxygen atoms in total. The Morgan fingerprint density at radius 2 is 1.92 bits per heavy atom. The van der Waals surface area contributed by atoms with E-state index in [1.165, 1.54) is 6.07 Å². The number of benzene rings is 2. The zero-order valence-corrected chi connectivity index (χ0v) is 14.9. The smallest absolute Gasteiger partial charge is 0.238 e. The molecule has 0 unspecified atom stereocenters. The number of hydrogen-bond donors (Lipinski definition) is 1. The Bertz CT molecular complexity index is 760. The number of carbonyl (C=O) groups excluding carboxylic acids is 1. The minimum Gasteiger partial charge on any atom is -0.369 e. The molecule has 3 rings (SSSR count). The molecule has 132 valence electrons. The average Bonchev–Trinajstić information content (AvgIpc) is 2.59. The van der Waals surface area contributed by atoms with Crippen molar-refractivity contribution in [3.63, 3.8) is 0 Å². The molecule has 1 saturated heterocycles. The van der Waals surface area contributed by atoms with Crippen LogP contribution in [0, 0.1) is 12.7 Å². The van der Waals surface area contributed by atoms with Crippen LogP contribution in [0.3, 0.4) is 0 Å². The highest BCUT2D eigenvalue weighted by atomic mass is 35.5. The van der Waals surface area contributed by atoms with Gasteiger partial charge in [-0.15, -0.1) is 0 Å². The number of nitrogens with zero attached hydrogens (tertiary/aromatic N) is 2. The Kier molecular flexibility index (Phi) is 5.56. The molecule has 0 saturated carbocycles. The Morgan fingerprint density at radius 1 is 1.16 bits per heavy atom. The molecule has 0 aliphatic carbocycles. The van der Waals surface area contributed by atoms with Crippen molar-refractivity contribution in [2.24, 2.45) is 0 Å². The second kappa shape index (κ2) is 7.85. The third-order valence-corrected chi connectivity index (χ3v) is 4.60. The Hall–Kier alpha value is -2.11. The molecule has 2 aromatic rings. The fourth-order valence-corrected chi connectivity index (χ4v) is 3.10. The second-order valence-electron chi connectivity index (χ2n) is 6.26. The highest BCUT2D eigenvalue weighted by Gasteiger charge is 2.19. The molecule has 2 aromatic carbocycles. The first kappa shape index (κ1) is 17.7. The van der Waals surface area contributed by atoms with Crippen LogP contribution in [0.25, 0.3) is 0 Å². The molecular formula is C19H21ClFN3O. The number of hydrogen-bond acceptors (Lipinski definition) is 3. The van der Waals surface area contributed by atoms with Crippen LogP contribution in [-0.2, 0) is 4.79 Å².